The van der Waals surface area contributed by atoms with Crippen LogP contribution in [0, 0.1) is 17.6 Å². The number of hydrogen-bond acceptors (Lipinski definition) is 7. The molecule has 284 valence electrons. The fourth-order valence-electron chi connectivity index (χ4n) is 7.47. The molecule has 0 radical (unpaired) electrons. The van der Waals surface area contributed by atoms with Gasteiger partial charge in [0.15, 0.2) is 5.82 Å². The molecule has 19 heteroatoms. The molecule has 6 aromatic rings. The molecule has 2 aromatic carbocycles. The van der Waals surface area contributed by atoms with Crippen molar-refractivity contribution in [2.75, 3.05) is 12.4 Å². The molecule has 1 saturated carbocycles. The van der Waals surface area contributed by atoms with Gasteiger partial charge in [-0.2, -0.15) is 19.0 Å². The van der Waals surface area contributed by atoms with E-state index in [1.54, 1.807) is 14.1 Å². The van der Waals surface area contributed by atoms with E-state index in [4.69, 9.17) is 28.2 Å². The largest absolute Gasteiger partial charge is 0.371 e. The van der Waals surface area contributed by atoms with Crippen LogP contribution in [0.15, 0.2) is 59.5 Å². The summed E-state index contributed by atoms with van der Waals surface area (Å²) in [7, 11) is 3.23. The first-order valence-electron chi connectivity index (χ1n) is 16.8. The summed E-state index contributed by atoms with van der Waals surface area (Å²) in [5.74, 6) is -8.16. The Morgan fingerprint density at radius 3 is 2.45 bits per heavy atom. The summed E-state index contributed by atoms with van der Waals surface area (Å²) >= 11 is 12.7. The van der Waals surface area contributed by atoms with Crippen molar-refractivity contribution in [2.45, 2.75) is 43.7 Å². The van der Waals surface area contributed by atoms with Crippen LogP contribution >= 0.6 is 23.2 Å². The maximum absolute atomic E-state index is 15.4. The van der Waals surface area contributed by atoms with E-state index in [1.807, 2.05) is 0 Å². The Hall–Kier alpha value is -5.42. The molecule has 0 aliphatic heterocycles. The predicted molar refractivity (Wildman–Crippen MR) is 190 cm³/mol. The standard InChI is InChI=1S/C36H27Cl2F6N9O2/c1-45-34-29-21(38)4-6-25(31(29)51(2)50-34)53-27(55)12-23(22-5-3-16(37)13-46-22)48-35(53)24(9-15-7-17(39)10-18(40)8-15)47-26(54)14-52-32-28(30(49-52)33(41)42)19-11-20(19)36(32,43)44/h3-8,10,12-13,19-20,24,33H,9,11,14H2,1-2H3,(H,45,50)(H,47,54)/t19-,20+,24-/m0/s1. The Kier molecular flexibility index (Phi) is 8.91. The summed E-state index contributed by atoms with van der Waals surface area (Å²) in [4.78, 5) is 37.3. The first-order valence-corrected chi connectivity index (χ1v) is 17.5. The number of nitrogens with one attached hydrogen (secondary N) is 2. The number of carbonyl (C=O) groups excluding carboxylic acids is 1. The number of pyridine rings is 1. The summed E-state index contributed by atoms with van der Waals surface area (Å²) < 4.78 is 91.2. The van der Waals surface area contributed by atoms with E-state index in [1.165, 1.54) is 41.2 Å². The number of halogens is 8. The van der Waals surface area contributed by atoms with Gasteiger partial charge in [0.2, 0.25) is 5.91 Å². The number of benzene rings is 2. The molecule has 2 aliphatic carbocycles. The maximum Gasteiger partial charge on any atom is 0.293 e. The lowest BCUT2D eigenvalue weighted by atomic mass is 10.0. The highest BCUT2D eigenvalue weighted by molar-refractivity contribution is 6.36. The van der Waals surface area contributed by atoms with Crippen LogP contribution in [0.4, 0.5) is 32.2 Å². The number of hydrogen-bond donors (Lipinski definition) is 2. The van der Waals surface area contributed by atoms with E-state index in [0.717, 1.165) is 16.7 Å². The van der Waals surface area contributed by atoms with Crippen molar-refractivity contribution in [2.24, 2.45) is 13.0 Å². The fourth-order valence-corrected chi connectivity index (χ4v) is 7.83. The van der Waals surface area contributed by atoms with Gasteiger partial charge in [-0.15, -0.1) is 0 Å². The summed E-state index contributed by atoms with van der Waals surface area (Å²) in [6.45, 7) is -0.931. The zero-order valence-electron chi connectivity index (χ0n) is 28.6. The lowest BCUT2D eigenvalue weighted by Gasteiger charge is -2.24. The van der Waals surface area contributed by atoms with E-state index in [9.17, 15) is 27.2 Å². The van der Waals surface area contributed by atoms with Gasteiger partial charge in [0.25, 0.3) is 17.9 Å². The molecule has 3 atom stereocenters. The third kappa shape index (κ3) is 6.28. The van der Waals surface area contributed by atoms with Crippen LogP contribution in [0.5, 0.6) is 0 Å². The summed E-state index contributed by atoms with van der Waals surface area (Å²) in [5, 5.41) is 14.8. The van der Waals surface area contributed by atoms with Crippen molar-refractivity contribution in [3.63, 3.8) is 0 Å². The first kappa shape index (κ1) is 36.6. The second-order valence-electron chi connectivity index (χ2n) is 13.3. The lowest BCUT2D eigenvalue weighted by Crippen LogP contribution is -2.38. The number of alkyl halides is 4. The van der Waals surface area contributed by atoms with Crippen LogP contribution in [-0.4, -0.2) is 47.1 Å². The van der Waals surface area contributed by atoms with E-state index < -0.39 is 77.7 Å². The monoisotopic (exact) mass is 801 g/mol. The van der Waals surface area contributed by atoms with Gasteiger partial charge < -0.3 is 10.6 Å². The smallest absolute Gasteiger partial charge is 0.293 e. The third-order valence-electron chi connectivity index (χ3n) is 9.80. The Morgan fingerprint density at radius 1 is 1.04 bits per heavy atom. The molecular weight excluding hydrogens is 775 g/mol. The number of aromatic nitrogens is 7. The Morgan fingerprint density at radius 2 is 1.78 bits per heavy atom. The van der Waals surface area contributed by atoms with E-state index >= 15 is 8.78 Å². The normalized spacial score (nSPS) is 17.4. The van der Waals surface area contributed by atoms with Gasteiger partial charge in [-0.25, -0.2) is 22.5 Å². The molecule has 0 saturated heterocycles. The lowest BCUT2D eigenvalue weighted by molar-refractivity contribution is -0.123. The van der Waals surface area contributed by atoms with Gasteiger partial charge >= 0.3 is 0 Å². The van der Waals surface area contributed by atoms with Gasteiger partial charge in [-0.3, -0.25) is 28.5 Å². The molecule has 4 aromatic heterocycles. The minimum absolute atomic E-state index is 0.0180. The zero-order valence-corrected chi connectivity index (χ0v) is 30.1. The topological polar surface area (TPSA) is 125 Å². The molecule has 0 bridgehead atoms. The average Bonchev–Trinajstić information content (AvgIpc) is 3.65. The van der Waals surface area contributed by atoms with Crippen LogP contribution in [0.1, 0.15) is 53.1 Å². The molecule has 0 unspecified atom stereocenters. The number of anilines is 1. The zero-order chi connectivity index (χ0) is 39.1. The second-order valence-corrected chi connectivity index (χ2v) is 14.2. The maximum atomic E-state index is 15.4. The highest BCUT2D eigenvalue weighted by Gasteiger charge is 2.67. The van der Waals surface area contributed by atoms with Crippen LogP contribution in [0.3, 0.4) is 0 Å². The van der Waals surface area contributed by atoms with Gasteiger partial charge in [-0.1, -0.05) is 23.2 Å². The predicted octanol–water partition coefficient (Wildman–Crippen LogP) is 7.25. The van der Waals surface area contributed by atoms with Gasteiger partial charge in [0.1, 0.15) is 35.4 Å². The van der Waals surface area contributed by atoms with E-state index in [-0.39, 0.29) is 45.5 Å². The quantitative estimate of drug-likeness (QED) is 0.140. The fraction of sp³-hybridized carbons (Fsp3) is 0.278. The molecule has 2 aliphatic rings. The van der Waals surface area contributed by atoms with Crippen LogP contribution in [0.25, 0.3) is 28.0 Å². The molecule has 11 nitrogen and oxygen atoms in total. The molecule has 2 N–H and O–H groups in total. The minimum atomic E-state index is -3.50. The van der Waals surface area contributed by atoms with Crippen molar-refractivity contribution < 1.29 is 31.1 Å². The van der Waals surface area contributed by atoms with E-state index in [0.29, 0.717) is 32.5 Å². The minimum Gasteiger partial charge on any atom is -0.371 e. The number of nitrogens with zero attached hydrogens (tertiary/aromatic N) is 7. The van der Waals surface area contributed by atoms with Crippen LogP contribution in [-0.2, 0) is 30.7 Å². The molecule has 55 heavy (non-hydrogen) atoms. The second kappa shape index (κ2) is 13.4. The van der Waals surface area contributed by atoms with E-state index in [2.05, 4.69) is 25.8 Å². The first-order chi connectivity index (χ1) is 26.2. The van der Waals surface area contributed by atoms with Crippen molar-refractivity contribution in [3.8, 4) is 17.1 Å². The average molecular weight is 803 g/mol. The highest BCUT2D eigenvalue weighted by Crippen LogP contribution is 2.68. The summed E-state index contributed by atoms with van der Waals surface area (Å²) in [6, 6.07) is 8.48. The van der Waals surface area contributed by atoms with Crippen LogP contribution < -0.4 is 16.2 Å². The molecular formula is C36H27Cl2F6N9O2. The van der Waals surface area contributed by atoms with Crippen molar-refractivity contribution in [3.05, 3.63) is 115 Å². The van der Waals surface area contributed by atoms with Crippen molar-refractivity contribution >= 4 is 45.8 Å². The highest BCUT2D eigenvalue weighted by atomic mass is 35.5. The summed E-state index contributed by atoms with van der Waals surface area (Å²) in [6.07, 6.45) is -2.21. The third-order valence-corrected chi connectivity index (χ3v) is 10.3. The Bertz CT molecular complexity index is 2570. The Balaban J connectivity index is 1.31. The number of fused-ring (bicyclic) bond motifs is 4. The SMILES string of the molecule is CNc1nn(C)c2c(-n3c([C@H](Cc4cc(F)cc(F)c4)NC(=O)Cn4nc(C(F)F)c5c4C(F)(F)[C@@H]4C[C@H]54)nc(-c4ccc(Cl)cn4)cc3=O)ccc(Cl)c12. The number of aryl methyl sites for hydroxylation is 1. The molecule has 4 heterocycles. The Labute approximate surface area is 316 Å². The van der Waals surface area contributed by atoms with Crippen LogP contribution in [0.2, 0.25) is 10.0 Å². The molecule has 8 rings (SSSR count). The molecule has 1 amide bonds. The van der Waals surface area contributed by atoms with Gasteiger partial charge in [-0.05, 0) is 54.3 Å². The number of carbonyl (C=O) groups is 1. The molecule has 1 fully saturated rings. The number of amides is 1. The molecule has 0 spiro atoms. The number of rotatable bonds is 10. The van der Waals surface area contributed by atoms with Crippen molar-refractivity contribution in [1.82, 2.24) is 39.4 Å². The summed E-state index contributed by atoms with van der Waals surface area (Å²) in [5.41, 5.74) is -1.74. The van der Waals surface area contributed by atoms with Crippen molar-refractivity contribution in [1.29, 1.82) is 0 Å². The van der Waals surface area contributed by atoms with Gasteiger partial charge in [0, 0.05) is 50.3 Å². The van der Waals surface area contributed by atoms with Gasteiger partial charge in [0.05, 0.1) is 44.1 Å².